The van der Waals surface area contributed by atoms with Gasteiger partial charge >= 0.3 is 0 Å². The van der Waals surface area contributed by atoms with E-state index in [1.54, 1.807) is 6.33 Å². The summed E-state index contributed by atoms with van der Waals surface area (Å²) in [5.41, 5.74) is 4.25. The zero-order valence-corrected chi connectivity index (χ0v) is 12.0. The number of aromatic amines is 1. The highest BCUT2D eigenvalue weighted by molar-refractivity contribution is 7.71. The quantitative estimate of drug-likeness (QED) is 0.823. The lowest BCUT2D eigenvalue weighted by Gasteiger charge is -2.09. The molecule has 0 aliphatic heterocycles. The summed E-state index contributed by atoms with van der Waals surface area (Å²) in [7, 11) is 0. The summed E-state index contributed by atoms with van der Waals surface area (Å²) >= 11 is 11.5. The highest BCUT2D eigenvalue weighted by atomic mass is 35.5. The fraction of sp³-hybridized carbons (Fsp3) is 0.286. The van der Waals surface area contributed by atoms with Gasteiger partial charge in [0, 0.05) is 10.6 Å². The number of nitrogens with one attached hydrogen (secondary N) is 1. The Morgan fingerprint density at radius 1 is 1.39 bits per heavy atom. The van der Waals surface area contributed by atoms with Crippen molar-refractivity contribution in [3.8, 4) is 11.3 Å². The second-order valence-electron chi connectivity index (χ2n) is 4.28. The van der Waals surface area contributed by atoms with Crippen molar-refractivity contribution in [1.29, 1.82) is 0 Å². The molecule has 0 fully saturated rings. The van der Waals surface area contributed by atoms with Gasteiger partial charge in [-0.2, -0.15) is 0 Å². The van der Waals surface area contributed by atoms with Gasteiger partial charge in [0.15, 0.2) is 0 Å². The van der Waals surface area contributed by atoms with Crippen LogP contribution in [-0.4, -0.2) is 9.97 Å². The molecule has 18 heavy (non-hydrogen) atoms. The monoisotopic (exact) mass is 278 g/mol. The number of rotatable bonds is 3. The van der Waals surface area contributed by atoms with E-state index in [4.69, 9.17) is 23.8 Å². The van der Waals surface area contributed by atoms with Crippen molar-refractivity contribution < 1.29 is 0 Å². The zero-order valence-electron chi connectivity index (χ0n) is 10.5. The van der Waals surface area contributed by atoms with Crippen molar-refractivity contribution in [2.24, 2.45) is 0 Å². The van der Waals surface area contributed by atoms with Crippen molar-refractivity contribution in [2.45, 2.75) is 26.7 Å². The number of halogens is 1. The maximum Gasteiger partial charge on any atom is 0.133 e. The first-order valence-electron chi connectivity index (χ1n) is 5.96. The van der Waals surface area contributed by atoms with E-state index in [0.717, 1.165) is 40.2 Å². The van der Waals surface area contributed by atoms with Crippen molar-refractivity contribution >= 4 is 23.8 Å². The molecule has 0 saturated carbocycles. The molecule has 0 amide bonds. The zero-order chi connectivity index (χ0) is 13.1. The molecule has 4 heteroatoms. The molecule has 0 atom stereocenters. The van der Waals surface area contributed by atoms with Crippen molar-refractivity contribution in [3.63, 3.8) is 0 Å². The van der Waals surface area contributed by atoms with Gasteiger partial charge in [0.05, 0.1) is 12.0 Å². The Bertz CT molecular complexity index is 619. The van der Waals surface area contributed by atoms with E-state index in [1.165, 1.54) is 0 Å². The molecule has 2 nitrogen and oxygen atoms in total. The van der Waals surface area contributed by atoms with Crippen LogP contribution < -0.4 is 0 Å². The van der Waals surface area contributed by atoms with Gasteiger partial charge in [-0.15, -0.1) is 0 Å². The molecule has 0 spiro atoms. The van der Waals surface area contributed by atoms with Crippen LogP contribution in [0.2, 0.25) is 5.02 Å². The number of hydrogen-bond acceptors (Lipinski definition) is 2. The Balaban J connectivity index is 2.59. The van der Waals surface area contributed by atoms with Gasteiger partial charge in [-0.3, -0.25) is 0 Å². The first kappa shape index (κ1) is 13.2. The predicted molar refractivity (Wildman–Crippen MR) is 78.6 cm³/mol. The number of hydrogen-bond donors (Lipinski definition) is 1. The highest BCUT2D eigenvalue weighted by Crippen LogP contribution is 2.27. The summed E-state index contributed by atoms with van der Waals surface area (Å²) < 4.78 is 0.669. The molecule has 2 rings (SSSR count). The maximum atomic E-state index is 6.18. The SMILES string of the molecule is CCCc1c(-c2ccc(C)c(Cl)c2)[nH]cnc1=S. The Hall–Kier alpha value is -1.19. The summed E-state index contributed by atoms with van der Waals surface area (Å²) in [6.45, 7) is 4.13. The van der Waals surface area contributed by atoms with Gasteiger partial charge in [-0.05, 0) is 30.5 Å². The summed E-state index contributed by atoms with van der Waals surface area (Å²) in [5.74, 6) is 0. The lowest BCUT2D eigenvalue weighted by molar-refractivity contribution is 0.898. The van der Waals surface area contributed by atoms with Crippen LogP contribution in [0.4, 0.5) is 0 Å². The molecule has 0 unspecified atom stereocenters. The van der Waals surface area contributed by atoms with Crippen LogP contribution in [-0.2, 0) is 6.42 Å². The molecule has 0 bridgehead atoms. The lowest BCUT2D eigenvalue weighted by atomic mass is 10.0. The van der Waals surface area contributed by atoms with Gasteiger partial charge < -0.3 is 4.98 Å². The summed E-state index contributed by atoms with van der Waals surface area (Å²) in [6.07, 6.45) is 3.60. The first-order chi connectivity index (χ1) is 8.63. The Kier molecular flexibility index (Phi) is 4.15. The molecule has 0 saturated heterocycles. The molecule has 2 aromatic rings. The third-order valence-electron chi connectivity index (χ3n) is 2.91. The van der Waals surface area contributed by atoms with Crippen LogP contribution in [0.5, 0.6) is 0 Å². The smallest absolute Gasteiger partial charge is 0.133 e. The molecule has 0 radical (unpaired) electrons. The Morgan fingerprint density at radius 2 is 2.17 bits per heavy atom. The van der Waals surface area contributed by atoms with E-state index < -0.39 is 0 Å². The summed E-state index contributed by atoms with van der Waals surface area (Å²) in [5, 5.41) is 0.770. The van der Waals surface area contributed by atoms with Crippen molar-refractivity contribution in [3.05, 3.63) is 45.3 Å². The number of H-pyrrole nitrogens is 1. The van der Waals surface area contributed by atoms with Gasteiger partial charge in [0.1, 0.15) is 4.64 Å². The molecule has 1 aromatic heterocycles. The molecule has 0 aliphatic carbocycles. The van der Waals surface area contributed by atoms with E-state index in [2.05, 4.69) is 23.0 Å². The molecular weight excluding hydrogens is 264 g/mol. The molecule has 1 heterocycles. The van der Waals surface area contributed by atoms with E-state index in [-0.39, 0.29) is 0 Å². The maximum absolute atomic E-state index is 6.18. The average Bonchev–Trinajstić information content (AvgIpc) is 2.35. The average molecular weight is 279 g/mol. The summed E-state index contributed by atoms with van der Waals surface area (Å²) in [6, 6.07) is 6.04. The van der Waals surface area contributed by atoms with E-state index >= 15 is 0 Å². The molecule has 1 aromatic carbocycles. The van der Waals surface area contributed by atoms with Gasteiger partial charge in [-0.1, -0.05) is 49.3 Å². The molecule has 94 valence electrons. The second-order valence-corrected chi connectivity index (χ2v) is 5.07. The van der Waals surface area contributed by atoms with Crippen LogP contribution >= 0.6 is 23.8 Å². The number of benzene rings is 1. The normalized spacial score (nSPS) is 10.6. The minimum atomic E-state index is 0.669. The minimum Gasteiger partial charge on any atom is -0.346 e. The largest absolute Gasteiger partial charge is 0.346 e. The Labute approximate surface area is 117 Å². The third-order valence-corrected chi connectivity index (χ3v) is 3.67. The molecule has 0 aliphatic rings. The summed E-state index contributed by atoms with van der Waals surface area (Å²) in [4.78, 5) is 7.34. The van der Waals surface area contributed by atoms with Gasteiger partial charge in [-0.25, -0.2) is 4.98 Å². The molecular formula is C14H15ClN2S. The fourth-order valence-corrected chi connectivity index (χ4v) is 2.35. The number of aryl methyl sites for hydroxylation is 1. The molecule has 1 N–H and O–H groups in total. The van der Waals surface area contributed by atoms with Gasteiger partial charge in [0.25, 0.3) is 0 Å². The second kappa shape index (κ2) is 5.63. The van der Waals surface area contributed by atoms with E-state index in [1.807, 2.05) is 19.1 Å². The fourth-order valence-electron chi connectivity index (χ4n) is 1.92. The van der Waals surface area contributed by atoms with Crippen molar-refractivity contribution in [2.75, 3.05) is 0 Å². The number of aromatic nitrogens is 2. The first-order valence-corrected chi connectivity index (χ1v) is 6.75. The van der Waals surface area contributed by atoms with Crippen molar-refractivity contribution in [1.82, 2.24) is 9.97 Å². The number of nitrogens with zero attached hydrogens (tertiary/aromatic N) is 1. The van der Waals surface area contributed by atoms with E-state index in [0.29, 0.717) is 4.64 Å². The van der Waals surface area contributed by atoms with Gasteiger partial charge in [0.2, 0.25) is 0 Å². The topological polar surface area (TPSA) is 28.7 Å². The predicted octanol–water partition coefficient (Wildman–Crippen LogP) is 4.72. The van der Waals surface area contributed by atoms with E-state index in [9.17, 15) is 0 Å². The highest BCUT2D eigenvalue weighted by Gasteiger charge is 2.08. The van der Waals surface area contributed by atoms with Crippen LogP contribution in [0, 0.1) is 11.6 Å². The standard InChI is InChI=1S/C14H15ClN2S/c1-3-4-11-13(16-8-17-14(11)18)10-6-5-9(2)12(15)7-10/h5-8H,3-4H2,1-2H3,(H,16,17,18). The van der Waals surface area contributed by atoms with Crippen LogP contribution in [0.25, 0.3) is 11.3 Å². The van der Waals surface area contributed by atoms with Crippen LogP contribution in [0.1, 0.15) is 24.5 Å². The lowest BCUT2D eigenvalue weighted by Crippen LogP contribution is -1.96. The minimum absolute atomic E-state index is 0.669. The third kappa shape index (κ3) is 2.62. The van der Waals surface area contributed by atoms with Crippen LogP contribution in [0.15, 0.2) is 24.5 Å². The Morgan fingerprint density at radius 3 is 2.83 bits per heavy atom. The van der Waals surface area contributed by atoms with Crippen LogP contribution in [0.3, 0.4) is 0 Å².